The number of benzene rings is 2. The van der Waals surface area contributed by atoms with Crippen LogP contribution in [0.1, 0.15) is 11.1 Å². The molecule has 4 rings (SSSR count). The maximum atomic E-state index is 13.4. The number of hydrogen-bond acceptors (Lipinski definition) is 4. The number of halogens is 1. The molecule has 2 N–H and O–H groups in total. The summed E-state index contributed by atoms with van der Waals surface area (Å²) in [6.45, 7) is 0.907. The Balaban J connectivity index is 1.33. The minimum absolute atomic E-state index is 0.197. The topological polar surface area (TPSA) is 81.1 Å². The van der Waals surface area contributed by atoms with Gasteiger partial charge in [-0.1, -0.05) is 24.3 Å². The van der Waals surface area contributed by atoms with Crippen LogP contribution in [-0.4, -0.2) is 20.6 Å². The molecule has 31 heavy (non-hydrogen) atoms. The van der Waals surface area contributed by atoms with Gasteiger partial charge in [0.05, 0.1) is 6.33 Å². The van der Waals surface area contributed by atoms with Gasteiger partial charge in [-0.05, 0) is 35.9 Å². The fourth-order valence-electron chi connectivity index (χ4n) is 2.93. The number of nitrogens with zero attached hydrogens (tertiary/aromatic N) is 3. The molecule has 0 bridgehead atoms. The zero-order valence-electron chi connectivity index (χ0n) is 16.5. The van der Waals surface area contributed by atoms with Crippen LogP contribution in [-0.2, 0) is 13.1 Å². The standard InChI is InChI=1S/C23H20FN5O2/c24-19-4-1-5-21(13-19)31-22-18(3-2-10-26-22)14-27-23(30)28-20-8-6-17(7-9-20)15-29-12-11-25-16-29/h1-13,16H,14-15H2,(H2,27,28,30). The van der Waals surface area contributed by atoms with Gasteiger partial charge in [0.2, 0.25) is 5.88 Å². The van der Waals surface area contributed by atoms with Crippen LogP contribution in [0.3, 0.4) is 0 Å². The van der Waals surface area contributed by atoms with Gasteiger partial charge in [-0.2, -0.15) is 0 Å². The molecule has 0 saturated heterocycles. The van der Waals surface area contributed by atoms with Gasteiger partial charge < -0.3 is 19.9 Å². The highest BCUT2D eigenvalue weighted by Crippen LogP contribution is 2.23. The van der Waals surface area contributed by atoms with Gasteiger partial charge in [-0.25, -0.2) is 19.2 Å². The van der Waals surface area contributed by atoms with Gasteiger partial charge in [0.15, 0.2) is 0 Å². The zero-order valence-corrected chi connectivity index (χ0v) is 16.5. The molecule has 0 aliphatic heterocycles. The third-order valence-corrected chi connectivity index (χ3v) is 4.44. The average molecular weight is 417 g/mol. The van der Waals surface area contributed by atoms with E-state index in [1.54, 1.807) is 43.0 Å². The van der Waals surface area contributed by atoms with Crippen LogP contribution in [0.4, 0.5) is 14.9 Å². The SMILES string of the molecule is O=C(NCc1cccnc1Oc1cccc(F)c1)Nc1ccc(Cn2ccnc2)cc1. The number of imidazole rings is 1. The number of hydrogen-bond donors (Lipinski definition) is 2. The maximum absolute atomic E-state index is 13.4. The van der Waals surface area contributed by atoms with Gasteiger partial charge in [0.1, 0.15) is 11.6 Å². The summed E-state index contributed by atoms with van der Waals surface area (Å²) < 4.78 is 21.0. The summed E-state index contributed by atoms with van der Waals surface area (Å²) in [6.07, 6.45) is 6.95. The first kappa shape index (κ1) is 20.1. The van der Waals surface area contributed by atoms with E-state index in [0.29, 0.717) is 29.4 Å². The first-order chi connectivity index (χ1) is 15.2. The second kappa shape index (κ2) is 9.53. The van der Waals surface area contributed by atoms with Crippen molar-refractivity contribution in [2.45, 2.75) is 13.1 Å². The lowest BCUT2D eigenvalue weighted by Crippen LogP contribution is -2.28. The van der Waals surface area contributed by atoms with Gasteiger partial charge in [-0.15, -0.1) is 0 Å². The lowest BCUT2D eigenvalue weighted by Gasteiger charge is -2.12. The van der Waals surface area contributed by atoms with Gasteiger partial charge in [0.25, 0.3) is 0 Å². The molecule has 0 saturated carbocycles. The number of amides is 2. The Hall–Kier alpha value is -4.20. The molecule has 0 atom stereocenters. The molecule has 2 aromatic carbocycles. The molecule has 2 amide bonds. The van der Waals surface area contributed by atoms with Crippen LogP contribution in [0.15, 0.2) is 85.6 Å². The summed E-state index contributed by atoms with van der Waals surface area (Å²) in [6, 6.07) is 16.5. The monoisotopic (exact) mass is 417 g/mol. The van der Waals surface area contributed by atoms with E-state index in [2.05, 4.69) is 20.6 Å². The van der Waals surface area contributed by atoms with Crippen LogP contribution in [0.5, 0.6) is 11.6 Å². The number of ether oxygens (including phenoxy) is 1. The molecule has 0 aliphatic carbocycles. The van der Waals surface area contributed by atoms with Crippen LogP contribution in [0.2, 0.25) is 0 Å². The molecule has 4 aromatic rings. The summed E-state index contributed by atoms with van der Waals surface area (Å²) in [5, 5.41) is 5.57. The van der Waals surface area contributed by atoms with E-state index in [4.69, 9.17) is 4.74 Å². The lowest BCUT2D eigenvalue weighted by molar-refractivity contribution is 0.251. The number of carbonyl (C=O) groups is 1. The highest BCUT2D eigenvalue weighted by Gasteiger charge is 2.09. The van der Waals surface area contributed by atoms with Crippen molar-refractivity contribution in [1.82, 2.24) is 19.9 Å². The number of aromatic nitrogens is 3. The Morgan fingerprint density at radius 1 is 1.06 bits per heavy atom. The largest absolute Gasteiger partial charge is 0.439 e. The minimum Gasteiger partial charge on any atom is -0.439 e. The molecule has 156 valence electrons. The van der Waals surface area contributed by atoms with E-state index < -0.39 is 5.82 Å². The Labute approximate surface area is 178 Å². The molecule has 0 aliphatic rings. The third kappa shape index (κ3) is 5.66. The number of nitrogens with one attached hydrogen (secondary N) is 2. The van der Waals surface area contributed by atoms with Crippen LogP contribution >= 0.6 is 0 Å². The Bertz CT molecular complexity index is 1150. The van der Waals surface area contributed by atoms with Crippen molar-refractivity contribution < 1.29 is 13.9 Å². The summed E-state index contributed by atoms with van der Waals surface area (Å²) in [4.78, 5) is 20.5. The van der Waals surface area contributed by atoms with Crippen LogP contribution in [0, 0.1) is 5.82 Å². The molecule has 0 unspecified atom stereocenters. The third-order valence-electron chi connectivity index (χ3n) is 4.44. The quantitative estimate of drug-likeness (QED) is 0.461. The van der Waals surface area contributed by atoms with Crippen molar-refractivity contribution in [1.29, 1.82) is 0 Å². The molecular weight excluding hydrogens is 397 g/mol. The van der Waals surface area contributed by atoms with E-state index in [0.717, 1.165) is 5.56 Å². The van der Waals surface area contributed by atoms with E-state index in [1.807, 2.05) is 35.0 Å². The van der Waals surface area contributed by atoms with Crippen molar-refractivity contribution in [3.8, 4) is 11.6 Å². The van der Waals surface area contributed by atoms with Crippen molar-refractivity contribution in [3.05, 3.63) is 103 Å². The van der Waals surface area contributed by atoms with E-state index in [1.165, 1.54) is 12.1 Å². The molecule has 0 radical (unpaired) electrons. The number of urea groups is 1. The Morgan fingerprint density at radius 2 is 1.94 bits per heavy atom. The van der Waals surface area contributed by atoms with Crippen LogP contribution < -0.4 is 15.4 Å². The van der Waals surface area contributed by atoms with Gasteiger partial charge >= 0.3 is 6.03 Å². The molecule has 0 fully saturated rings. The predicted molar refractivity (Wildman–Crippen MR) is 114 cm³/mol. The fourth-order valence-corrected chi connectivity index (χ4v) is 2.93. The van der Waals surface area contributed by atoms with E-state index >= 15 is 0 Å². The number of carbonyl (C=O) groups excluding carboxylic acids is 1. The molecular formula is C23H20FN5O2. The number of rotatable bonds is 7. The molecule has 2 aromatic heterocycles. The average Bonchev–Trinajstić information content (AvgIpc) is 3.28. The van der Waals surface area contributed by atoms with E-state index in [9.17, 15) is 9.18 Å². The summed E-state index contributed by atoms with van der Waals surface area (Å²) in [7, 11) is 0. The molecule has 8 heteroatoms. The maximum Gasteiger partial charge on any atom is 0.319 e. The highest BCUT2D eigenvalue weighted by molar-refractivity contribution is 5.89. The van der Waals surface area contributed by atoms with E-state index in [-0.39, 0.29) is 12.6 Å². The highest BCUT2D eigenvalue weighted by atomic mass is 19.1. The normalized spacial score (nSPS) is 10.5. The number of anilines is 1. The first-order valence-electron chi connectivity index (χ1n) is 9.62. The van der Waals surface area contributed by atoms with Crippen molar-refractivity contribution >= 4 is 11.7 Å². The zero-order chi connectivity index (χ0) is 21.5. The summed E-state index contributed by atoms with van der Waals surface area (Å²) in [5.74, 6) is 0.237. The van der Waals surface area contributed by atoms with Crippen LogP contribution in [0.25, 0.3) is 0 Å². The second-order valence-electron chi connectivity index (χ2n) is 6.77. The lowest BCUT2D eigenvalue weighted by atomic mass is 10.2. The van der Waals surface area contributed by atoms with Crippen molar-refractivity contribution in [3.63, 3.8) is 0 Å². The Morgan fingerprint density at radius 3 is 2.71 bits per heavy atom. The summed E-state index contributed by atoms with van der Waals surface area (Å²) in [5.41, 5.74) is 2.44. The van der Waals surface area contributed by atoms with Crippen molar-refractivity contribution in [2.24, 2.45) is 0 Å². The van der Waals surface area contributed by atoms with Gasteiger partial charge in [-0.3, -0.25) is 0 Å². The molecule has 0 spiro atoms. The smallest absolute Gasteiger partial charge is 0.319 e. The fraction of sp³-hybridized carbons (Fsp3) is 0.0870. The first-order valence-corrected chi connectivity index (χ1v) is 9.62. The summed E-state index contributed by atoms with van der Waals surface area (Å²) >= 11 is 0. The Kier molecular flexibility index (Phi) is 6.18. The van der Waals surface area contributed by atoms with Gasteiger partial charge in [0, 0.05) is 49.0 Å². The molecule has 2 heterocycles. The minimum atomic E-state index is -0.400. The molecule has 7 nitrogen and oxygen atoms in total. The predicted octanol–water partition coefficient (Wildman–Crippen LogP) is 4.58. The number of pyridine rings is 1. The van der Waals surface area contributed by atoms with Crippen molar-refractivity contribution in [2.75, 3.05) is 5.32 Å². The second-order valence-corrected chi connectivity index (χ2v) is 6.77.